The van der Waals surface area contributed by atoms with Crippen molar-refractivity contribution in [2.75, 3.05) is 37.4 Å². The highest BCUT2D eigenvalue weighted by Crippen LogP contribution is 2.34. The Bertz CT molecular complexity index is 1080. The summed E-state index contributed by atoms with van der Waals surface area (Å²) in [5, 5.41) is 2.66. The molecule has 5 rings (SSSR count). The molecule has 10 heteroatoms. The van der Waals surface area contributed by atoms with Crippen molar-refractivity contribution in [2.45, 2.75) is 13.1 Å². The Morgan fingerprint density at radius 3 is 2.62 bits per heavy atom. The lowest BCUT2D eigenvalue weighted by Crippen LogP contribution is -2.35. The number of aromatic nitrogens is 1. The number of ether oxygens (including phenoxy) is 1. The number of nitrogens with zero attached hydrogens (tertiary/aromatic N) is 2. The number of aromatic amines is 1. The van der Waals surface area contributed by atoms with Crippen LogP contribution in [-0.2, 0) is 27.4 Å². The maximum Gasteiger partial charge on any atom is 0.289 e. The van der Waals surface area contributed by atoms with Crippen LogP contribution in [0.5, 0.6) is 0 Å². The van der Waals surface area contributed by atoms with Crippen molar-refractivity contribution >= 4 is 58.6 Å². The van der Waals surface area contributed by atoms with E-state index in [0.29, 0.717) is 5.57 Å². The van der Waals surface area contributed by atoms with Gasteiger partial charge in [-0.15, -0.1) is 12.4 Å². The standard InChI is InChI=1S/C22H22N4O4S.ClH/c27-20-13-31-22(29)26(20)12-14-1-2-19-17(8-14)18(21(28)24-19)9-16-7-15(10-23-16)11-25-3-5-30-6-4-25;/h1-2,7-10,23H,3-6,11-13H2,(H,24,28);1H/b18-9-;. The van der Waals surface area contributed by atoms with Crippen LogP contribution >= 0.6 is 24.2 Å². The monoisotopic (exact) mass is 474 g/mol. The second kappa shape index (κ2) is 9.50. The first-order valence-electron chi connectivity index (χ1n) is 10.2. The van der Waals surface area contributed by atoms with Crippen molar-refractivity contribution in [3.63, 3.8) is 0 Å². The molecule has 8 nitrogen and oxygen atoms in total. The molecule has 0 bridgehead atoms. The zero-order chi connectivity index (χ0) is 21.4. The number of nitrogens with one attached hydrogen (secondary N) is 2. The minimum absolute atomic E-state index is 0. The van der Waals surface area contributed by atoms with Crippen molar-refractivity contribution in [2.24, 2.45) is 0 Å². The number of rotatable bonds is 5. The second-order valence-corrected chi connectivity index (χ2v) is 8.70. The van der Waals surface area contributed by atoms with Gasteiger partial charge < -0.3 is 15.0 Å². The summed E-state index contributed by atoms with van der Waals surface area (Å²) in [7, 11) is 0. The fraction of sp³-hybridized carbons (Fsp3) is 0.318. The maximum atomic E-state index is 12.6. The smallest absolute Gasteiger partial charge is 0.289 e. The van der Waals surface area contributed by atoms with Crippen molar-refractivity contribution < 1.29 is 19.1 Å². The Morgan fingerprint density at radius 2 is 1.88 bits per heavy atom. The highest BCUT2D eigenvalue weighted by atomic mass is 35.5. The Kier molecular flexibility index (Phi) is 6.71. The van der Waals surface area contributed by atoms with Gasteiger partial charge in [-0.2, -0.15) is 0 Å². The van der Waals surface area contributed by atoms with Crippen LogP contribution in [0.4, 0.5) is 10.5 Å². The SMILES string of the molecule is Cl.O=C1Nc2ccc(CN3C(=O)CSC3=O)cc2/C1=C/c1cc(CN2CCOCC2)c[nH]1. The third-order valence-corrected chi connectivity index (χ3v) is 6.48. The number of morpholine rings is 1. The fourth-order valence-electron chi connectivity index (χ4n) is 4.00. The summed E-state index contributed by atoms with van der Waals surface area (Å²) in [6, 6.07) is 7.58. The lowest BCUT2D eigenvalue weighted by molar-refractivity contribution is -0.125. The molecule has 0 aliphatic carbocycles. The highest BCUT2D eigenvalue weighted by Gasteiger charge is 2.31. The van der Waals surface area contributed by atoms with Gasteiger partial charge in [-0.3, -0.25) is 24.2 Å². The van der Waals surface area contributed by atoms with E-state index >= 15 is 0 Å². The number of carbonyl (C=O) groups is 3. The van der Waals surface area contributed by atoms with Gasteiger partial charge in [0.25, 0.3) is 11.1 Å². The molecule has 0 spiro atoms. The topological polar surface area (TPSA) is 94.7 Å². The van der Waals surface area contributed by atoms with Gasteiger partial charge in [0, 0.05) is 42.8 Å². The molecule has 3 amide bonds. The number of hydrogen-bond donors (Lipinski definition) is 2. The summed E-state index contributed by atoms with van der Waals surface area (Å²) in [4.78, 5) is 43.2. The molecular weight excluding hydrogens is 452 g/mol. The van der Waals surface area contributed by atoms with Crippen LogP contribution in [0.1, 0.15) is 22.4 Å². The minimum Gasteiger partial charge on any atom is -0.379 e. The number of carbonyl (C=O) groups excluding carboxylic acids is 3. The third-order valence-electron chi connectivity index (χ3n) is 5.62. The predicted octanol–water partition coefficient (Wildman–Crippen LogP) is 2.96. The first-order chi connectivity index (χ1) is 15.1. The van der Waals surface area contributed by atoms with E-state index in [9.17, 15) is 14.4 Å². The van der Waals surface area contributed by atoms with Crippen LogP contribution in [0.3, 0.4) is 0 Å². The van der Waals surface area contributed by atoms with Gasteiger partial charge >= 0.3 is 0 Å². The molecule has 4 heterocycles. The second-order valence-electron chi connectivity index (χ2n) is 7.78. The van der Waals surface area contributed by atoms with E-state index in [4.69, 9.17) is 4.74 Å². The summed E-state index contributed by atoms with van der Waals surface area (Å²) in [5.74, 6) is -0.158. The van der Waals surface area contributed by atoms with Crippen LogP contribution in [0.15, 0.2) is 30.5 Å². The number of halogens is 1. The molecule has 0 atom stereocenters. The molecule has 2 aromatic rings. The molecule has 0 saturated carbocycles. The number of amides is 3. The molecule has 168 valence electrons. The van der Waals surface area contributed by atoms with Crippen molar-refractivity contribution in [3.05, 3.63) is 52.8 Å². The van der Waals surface area contributed by atoms with E-state index in [1.807, 2.05) is 30.5 Å². The Morgan fingerprint density at radius 1 is 1.06 bits per heavy atom. The van der Waals surface area contributed by atoms with E-state index in [0.717, 1.165) is 72.7 Å². The van der Waals surface area contributed by atoms with E-state index < -0.39 is 0 Å². The van der Waals surface area contributed by atoms with Gasteiger partial charge in [0.1, 0.15) is 0 Å². The minimum atomic E-state index is -0.227. The van der Waals surface area contributed by atoms with Gasteiger partial charge in [0.2, 0.25) is 5.91 Å². The van der Waals surface area contributed by atoms with Crippen LogP contribution < -0.4 is 5.32 Å². The Balaban J connectivity index is 0.00000245. The molecule has 2 N–H and O–H groups in total. The quantitative estimate of drug-likeness (QED) is 0.647. The van der Waals surface area contributed by atoms with E-state index in [-0.39, 0.29) is 41.8 Å². The van der Waals surface area contributed by atoms with Gasteiger partial charge in [-0.05, 0) is 35.4 Å². The largest absolute Gasteiger partial charge is 0.379 e. The average Bonchev–Trinajstić information content (AvgIpc) is 3.43. The molecular formula is C22H23ClN4O4S. The molecule has 3 aliphatic rings. The van der Waals surface area contributed by atoms with Crippen LogP contribution in [0.25, 0.3) is 11.6 Å². The maximum absolute atomic E-state index is 12.6. The van der Waals surface area contributed by atoms with E-state index in [1.54, 1.807) is 0 Å². The normalized spacial score (nSPS) is 19.9. The first-order valence-corrected chi connectivity index (χ1v) is 11.2. The number of hydrogen-bond acceptors (Lipinski definition) is 6. The van der Waals surface area contributed by atoms with Crippen molar-refractivity contribution in [1.82, 2.24) is 14.8 Å². The van der Waals surface area contributed by atoms with Crippen LogP contribution in [0.2, 0.25) is 0 Å². The molecule has 1 aromatic carbocycles. The van der Waals surface area contributed by atoms with Gasteiger partial charge in [0.05, 0.1) is 31.1 Å². The molecule has 2 saturated heterocycles. The molecule has 0 radical (unpaired) electrons. The lowest BCUT2D eigenvalue weighted by atomic mass is 10.0. The summed E-state index contributed by atoms with van der Waals surface area (Å²) in [5.41, 5.74) is 4.89. The average molecular weight is 475 g/mol. The first kappa shape index (κ1) is 22.6. The zero-order valence-electron chi connectivity index (χ0n) is 17.3. The number of imide groups is 1. The predicted molar refractivity (Wildman–Crippen MR) is 125 cm³/mol. The Labute approximate surface area is 195 Å². The van der Waals surface area contributed by atoms with Gasteiger partial charge in [-0.25, -0.2) is 0 Å². The zero-order valence-corrected chi connectivity index (χ0v) is 18.9. The molecule has 32 heavy (non-hydrogen) atoms. The van der Waals surface area contributed by atoms with E-state index in [1.165, 1.54) is 4.90 Å². The van der Waals surface area contributed by atoms with Gasteiger partial charge in [-0.1, -0.05) is 17.8 Å². The van der Waals surface area contributed by atoms with Gasteiger partial charge in [0.15, 0.2) is 0 Å². The summed E-state index contributed by atoms with van der Waals surface area (Å²) in [6.45, 7) is 4.40. The number of fused-ring (bicyclic) bond motifs is 1. The number of benzene rings is 1. The van der Waals surface area contributed by atoms with Crippen LogP contribution in [0, 0.1) is 0 Å². The fourth-order valence-corrected chi connectivity index (χ4v) is 4.72. The molecule has 2 fully saturated rings. The third kappa shape index (κ3) is 4.61. The Hall–Kier alpha value is -2.59. The molecule has 1 aromatic heterocycles. The van der Waals surface area contributed by atoms with Crippen molar-refractivity contribution in [3.8, 4) is 0 Å². The van der Waals surface area contributed by atoms with Crippen molar-refractivity contribution in [1.29, 1.82) is 0 Å². The lowest BCUT2D eigenvalue weighted by Gasteiger charge is -2.25. The molecule has 3 aliphatic heterocycles. The molecule has 0 unspecified atom stereocenters. The number of H-pyrrole nitrogens is 1. The highest BCUT2D eigenvalue weighted by molar-refractivity contribution is 8.14. The summed E-state index contributed by atoms with van der Waals surface area (Å²) in [6.07, 6.45) is 3.81. The summed E-state index contributed by atoms with van der Waals surface area (Å²) >= 11 is 1.02. The number of anilines is 1. The number of thioether (sulfide) groups is 1. The van der Waals surface area contributed by atoms with E-state index in [2.05, 4.69) is 21.3 Å². The van der Waals surface area contributed by atoms with Crippen LogP contribution in [-0.4, -0.2) is 63.9 Å². The summed E-state index contributed by atoms with van der Waals surface area (Å²) < 4.78 is 5.39.